The molecule has 20 heavy (non-hydrogen) atoms. The van der Waals surface area contributed by atoms with Crippen molar-refractivity contribution in [2.24, 2.45) is 0 Å². The van der Waals surface area contributed by atoms with Crippen LogP contribution in [0.25, 0.3) is 0 Å². The van der Waals surface area contributed by atoms with Gasteiger partial charge in [0.15, 0.2) is 0 Å². The van der Waals surface area contributed by atoms with Gasteiger partial charge >= 0.3 is 0 Å². The predicted molar refractivity (Wildman–Crippen MR) is 79.7 cm³/mol. The Labute approximate surface area is 121 Å². The first-order chi connectivity index (χ1) is 9.58. The maximum absolute atomic E-state index is 12.2. The van der Waals surface area contributed by atoms with Crippen LogP contribution in [0, 0.1) is 6.92 Å². The maximum atomic E-state index is 12.2. The Morgan fingerprint density at radius 2 is 2.15 bits per heavy atom. The number of hydrogen-bond acceptors (Lipinski definition) is 3. The summed E-state index contributed by atoms with van der Waals surface area (Å²) in [6.07, 6.45) is 2.10. The fraction of sp³-hybridized carbons (Fsp3) is 0.562. The summed E-state index contributed by atoms with van der Waals surface area (Å²) in [5, 5.41) is 3.38. The molecule has 2 atom stereocenters. The molecule has 0 radical (unpaired) electrons. The van der Waals surface area contributed by atoms with Crippen LogP contribution in [-0.4, -0.2) is 30.5 Å². The molecule has 1 amide bonds. The second-order valence-corrected chi connectivity index (χ2v) is 5.41. The molecule has 1 fully saturated rings. The molecular formula is C16H24N2O2. The van der Waals surface area contributed by atoms with Crippen LogP contribution in [0.3, 0.4) is 0 Å². The fourth-order valence-electron chi connectivity index (χ4n) is 2.69. The zero-order chi connectivity index (χ0) is 14.7. The summed E-state index contributed by atoms with van der Waals surface area (Å²) >= 11 is 0. The topological polar surface area (TPSA) is 41.6 Å². The van der Waals surface area contributed by atoms with Crippen molar-refractivity contribution in [3.63, 3.8) is 0 Å². The van der Waals surface area contributed by atoms with Crippen LogP contribution >= 0.6 is 0 Å². The lowest BCUT2D eigenvalue weighted by Crippen LogP contribution is -2.31. The Morgan fingerprint density at radius 1 is 1.40 bits per heavy atom. The number of methoxy groups -OCH3 is 1. The quantitative estimate of drug-likeness (QED) is 0.899. The van der Waals surface area contributed by atoms with Crippen molar-refractivity contribution in [2.45, 2.75) is 45.8 Å². The minimum atomic E-state index is -0.112. The van der Waals surface area contributed by atoms with Crippen LogP contribution in [0.4, 0.5) is 0 Å². The second-order valence-electron chi connectivity index (χ2n) is 5.41. The molecule has 2 rings (SSSR count). The molecule has 0 aliphatic carbocycles. The Kier molecular flexibility index (Phi) is 4.65. The zero-order valence-electron chi connectivity index (χ0n) is 12.8. The van der Waals surface area contributed by atoms with Gasteiger partial charge in [-0.15, -0.1) is 0 Å². The summed E-state index contributed by atoms with van der Waals surface area (Å²) in [6, 6.07) is 5.99. The molecule has 1 aromatic carbocycles. The molecule has 1 saturated heterocycles. The molecule has 2 unspecified atom stereocenters. The highest BCUT2D eigenvalue weighted by Gasteiger charge is 2.36. The summed E-state index contributed by atoms with van der Waals surface area (Å²) < 4.78 is 5.30. The number of aryl methyl sites for hydroxylation is 1. The first-order valence-corrected chi connectivity index (χ1v) is 7.29. The van der Waals surface area contributed by atoms with E-state index in [1.165, 1.54) is 0 Å². The normalized spacial score (nSPS) is 22.4. The second kappa shape index (κ2) is 6.27. The van der Waals surface area contributed by atoms with E-state index in [2.05, 4.69) is 18.3 Å². The van der Waals surface area contributed by atoms with Crippen LogP contribution in [0.15, 0.2) is 18.2 Å². The first-order valence-electron chi connectivity index (χ1n) is 7.29. The van der Waals surface area contributed by atoms with Gasteiger partial charge < -0.3 is 9.64 Å². The molecule has 0 saturated carbocycles. The van der Waals surface area contributed by atoms with Crippen LogP contribution in [0.1, 0.15) is 44.0 Å². The van der Waals surface area contributed by atoms with E-state index in [4.69, 9.17) is 4.74 Å². The molecular weight excluding hydrogens is 252 g/mol. The minimum absolute atomic E-state index is 0.0198. The first kappa shape index (κ1) is 14.9. The number of ether oxygens (including phenoxy) is 1. The number of unbranched alkanes of at least 4 members (excludes halogenated alkanes) is 1. The minimum Gasteiger partial charge on any atom is -0.496 e. The van der Waals surface area contributed by atoms with E-state index in [1.54, 1.807) is 7.11 Å². The number of amides is 1. The van der Waals surface area contributed by atoms with Crippen LogP contribution in [0.2, 0.25) is 0 Å². The van der Waals surface area contributed by atoms with Gasteiger partial charge in [-0.1, -0.05) is 19.4 Å². The molecule has 1 heterocycles. The molecule has 4 nitrogen and oxygen atoms in total. The summed E-state index contributed by atoms with van der Waals surface area (Å²) in [6.45, 7) is 6.91. The summed E-state index contributed by atoms with van der Waals surface area (Å²) in [5.74, 6) is 1.07. The monoisotopic (exact) mass is 276 g/mol. The van der Waals surface area contributed by atoms with Gasteiger partial charge in [0.1, 0.15) is 11.9 Å². The SMILES string of the molecule is CCCCN1C(=O)C(C)NC1c1ccc(OC)c(C)c1. The van der Waals surface area contributed by atoms with Crippen LogP contribution in [-0.2, 0) is 4.79 Å². The smallest absolute Gasteiger partial charge is 0.241 e. The van der Waals surface area contributed by atoms with Crippen molar-refractivity contribution in [3.8, 4) is 5.75 Å². The number of benzene rings is 1. The largest absolute Gasteiger partial charge is 0.496 e. The number of rotatable bonds is 5. The summed E-state index contributed by atoms with van der Waals surface area (Å²) in [4.78, 5) is 14.2. The number of hydrogen-bond donors (Lipinski definition) is 1. The van der Waals surface area contributed by atoms with E-state index in [9.17, 15) is 4.79 Å². The third-order valence-electron chi connectivity index (χ3n) is 3.86. The van der Waals surface area contributed by atoms with Crippen molar-refractivity contribution in [1.29, 1.82) is 0 Å². The summed E-state index contributed by atoms with van der Waals surface area (Å²) in [7, 11) is 1.68. The lowest BCUT2D eigenvalue weighted by atomic mass is 10.1. The van der Waals surface area contributed by atoms with Gasteiger partial charge in [0, 0.05) is 6.54 Å². The van der Waals surface area contributed by atoms with E-state index in [0.717, 1.165) is 36.3 Å². The van der Waals surface area contributed by atoms with Crippen molar-refractivity contribution < 1.29 is 9.53 Å². The van der Waals surface area contributed by atoms with Crippen molar-refractivity contribution in [1.82, 2.24) is 10.2 Å². The van der Waals surface area contributed by atoms with Gasteiger partial charge in [-0.25, -0.2) is 0 Å². The van der Waals surface area contributed by atoms with Gasteiger partial charge in [-0.3, -0.25) is 10.1 Å². The van der Waals surface area contributed by atoms with Crippen molar-refractivity contribution >= 4 is 5.91 Å². The van der Waals surface area contributed by atoms with Crippen molar-refractivity contribution in [3.05, 3.63) is 29.3 Å². The molecule has 1 aliphatic rings. The fourth-order valence-corrected chi connectivity index (χ4v) is 2.69. The standard InChI is InChI=1S/C16H24N2O2/c1-5-6-9-18-15(17-12(3)16(18)19)13-7-8-14(20-4)11(2)10-13/h7-8,10,12,15,17H,5-6,9H2,1-4H3. The Morgan fingerprint density at radius 3 is 2.75 bits per heavy atom. The van der Waals surface area contributed by atoms with Gasteiger partial charge in [0.2, 0.25) is 5.91 Å². The predicted octanol–water partition coefficient (Wildman–Crippen LogP) is 2.62. The van der Waals surface area contributed by atoms with E-state index in [1.807, 2.05) is 30.9 Å². The number of nitrogens with one attached hydrogen (secondary N) is 1. The molecule has 1 N–H and O–H groups in total. The molecule has 0 spiro atoms. The molecule has 4 heteroatoms. The van der Waals surface area contributed by atoms with Gasteiger partial charge in [0.25, 0.3) is 0 Å². The highest BCUT2D eigenvalue weighted by molar-refractivity contribution is 5.84. The number of nitrogens with zero attached hydrogens (tertiary/aromatic N) is 1. The van der Waals surface area contributed by atoms with E-state index < -0.39 is 0 Å². The maximum Gasteiger partial charge on any atom is 0.241 e. The third kappa shape index (κ3) is 2.80. The van der Waals surface area contributed by atoms with E-state index >= 15 is 0 Å². The van der Waals surface area contributed by atoms with Gasteiger partial charge in [-0.2, -0.15) is 0 Å². The number of carbonyl (C=O) groups is 1. The average Bonchev–Trinajstić information content (AvgIpc) is 2.72. The van der Waals surface area contributed by atoms with Crippen LogP contribution in [0.5, 0.6) is 5.75 Å². The highest BCUT2D eigenvalue weighted by Crippen LogP contribution is 2.29. The molecule has 0 bridgehead atoms. The zero-order valence-corrected chi connectivity index (χ0v) is 12.8. The molecule has 110 valence electrons. The lowest BCUT2D eigenvalue weighted by molar-refractivity contribution is -0.129. The Hall–Kier alpha value is -1.55. The van der Waals surface area contributed by atoms with Crippen LogP contribution < -0.4 is 10.1 Å². The van der Waals surface area contributed by atoms with E-state index in [-0.39, 0.29) is 18.1 Å². The average molecular weight is 276 g/mol. The molecule has 1 aromatic rings. The van der Waals surface area contributed by atoms with E-state index in [0.29, 0.717) is 0 Å². The highest BCUT2D eigenvalue weighted by atomic mass is 16.5. The lowest BCUT2D eigenvalue weighted by Gasteiger charge is -2.25. The molecule has 1 aliphatic heterocycles. The Bertz CT molecular complexity index is 487. The molecule has 0 aromatic heterocycles. The van der Waals surface area contributed by atoms with Crippen molar-refractivity contribution in [2.75, 3.05) is 13.7 Å². The Balaban J connectivity index is 2.25. The van der Waals surface area contributed by atoms with Gasteiger partial charge in [0.05, 0.1) is 13.2 Å². The van der Waals surface area contributed by atoms with Gasteiger partial charge in [-0.05, 0) is 43.5 Å². The number of carbonyl (C=O) groups excluding carboxylic acids is 1. The third-order valence-corrected chi connectivity index (χ3v) is 3.86. The summed E-state index contributed by atoms with van der Waals surface area (Å²) in [5.41, 5.74) is 2.21.